The smallest absolute Gasteiger partial charge is 0.126 e. The first-order chi connectivity index (χ1) is 12.0. The van der Waals surface area contributed by atoms with Crippen LogP contribution in [0.5, 0.6) is 11.5 Å². The van der Waals surface area contributed by atoms with Gasteiger partial charge in [-0.05, 0) is 50.6 Å². The summed E-state index contributed by atoms with van der Waals surface area (Å²) in [6.45, 7) is 7.69. The highest BCUT2D eigenvalue weighted by atomic mass is 16.3. The molecule has 0 saturated carbocycles. The Bertz CT molecular complexity index is 709. The molecule has 0 aliphatic heterocycles. The molecule has 0 amide bonds. The Hall–Kier alpha value is -2.53. The van der Waals surface area contributed by atoms with E-state index in [0.717, 1.165) is 18.8 Å². The molecule has 2 atom stereocenters. The van der Waals surface area contributed by atoms with Crippen LogP contribution in [-0.2, 0) is 0 Å². The molecule has 134 valence electrons. The molecule has 0 heterocycles. The van der Waals surface area contributed by atoms with Crippen molar-refractivity contribution in [1.29, 1.82) is 0 Å². The Morgan fingerprint density at radius 1 is 1.04 bits per heavy atom. The van der Waals surface area contributed by atoms with Gasteiger partial charge in [0.25, 0.3) is 0 Å². The van der Waals surface area contributed by atoms with Crippen molar-refractivity contribution in [1.82, 2.24) is 0 Å². The van der Waals surface area contributed by atoms with Crippen molar-refractivity contribution in [3.05, 3.63) is 53.6 Å². The number of benzene rings is 2. The number of aliphatic imine (C=N–C) groups is 1. The molecule has 5 heteroatoms. The number of aliphatic hydroxyl groups is 1. The third-order valence-electron chi connectivity index (χ3n) is 4.28. The van der Waals surface area contributed by atoms with E-state index < -0.39 is 6.10 Å². The summed E-state index contributed by atoms with van der Waals surface area (Å²) in [6, 6.07) is 11.5. The molecule has 2 aromatic carbocycles. The van der Waals surface area contributed by atoms with Gasteiger partial charge in [-0.3, -0.25) is 4.99 Å². The van der Waals surface area contributed by atoms with Gasteiger partial charge < -0.3 is 20.2 Å². The number of anilines is 1. The first-order valence-electron chi connectivity index (χ1n) is 8.54. The number of phenolic OH excluding ortho intramolecular Hbond substituents is 2. The van der Waals surface area contributed by atoms with E-state index in [4.69, 9.17) is 0 Å². The van der Waals surface area contributed by atoms with Gasteiger partial charge in [-0.1, -0.05) is 12.1 Å². The van der Waals surface area contributed by atoms with E-state index in [1.807, 2.05) is 12.1 Å². The van der Waals surface area contributed by atoms with Crippen LogP contribution in [0, 0.1) is 0 Å². The third kappa shape index (κ3) is 4.73. The fourth-order valence-electron chi connectivity index (χ4n) is 2.66. The molecule has 0 aromatic heterocycles. The fraction of sp³-hybridized carbons (Fsp3) is 0.350. The predicted molar refractivity (Wildman–Crippen MR) is 102 cm³/mol. The summed E-state index contributed by atoms with van der Waals surface area (Å²) < 4.78 is 0. The van der Waals surface area contributed by atoms with Crippen molar-refractivity contribution < 1.29 is 15.3 Å². The molecular formula is C20H26N2O3. The zero-order valence-electron chi connectivity index (χ0n) is 14.9. The highest BCUT2D eigenvalue weighted by Gasteiger charge is 2.15. The maximum atomic E-state index is 10.3. The largest absolute Gasteiger partial charge is 0.508 e. The zero-order valence-corrected chi connectivity index (χ0v) is 14.9. The average molecular weight is 342 g/mol. The van der Waals surface area contributed by atoms with Crippen molar-refractivity contribution in [2.75, 3.05) is 18.0 Å². The van der Waals surface area contributed by atoms with E-state index in [1.54, 1.807) is 31.3 Å². The minimum Gasteiger partial charge on any atom is -0.508 e. The number of rotatable bonds is 7. The van der Waals surface area contributed by atoms with Gasteiger partial charge in [-0.15, -0.1) is 0 Å². The number of hydrogen-bond acceptors (Lipinski definition) is 5. The second-order valence-corrected chi connectivity index (χ2v) is 5.97. The Labute approximate surface area is 148 Å². The van der Waals surface area contributed by atoms with Crippen LogP contribution in [0.1, 0.15) is 38.0 Å². The molecule has 2 aromatic rings. The van der Waals surface area contributed by atoms with Crippen LogP contribution in [-0.4, -0.2) is 40.7 Å². The van der Waals surface area contributed by atoms with E-state index in [0.29, 0.717) is 11.1 Å². The summed E-state index contributed by atoms with van der Waals surface area (Å²) in [6.07, 6.45) is 0.796. The molecule has 3 N–H and O–H groups in total. The Morgan fingerprint density at radius 2 is 1.68 bits per heavy atom. The minimum atomic E-state index is -0.783. The first kappa shape index (κ1) is 18.8. The van der Waals surface area contributed by atoms with Crippen LogP contribution >= 0.6 is 0 Å². The molecule has 0 aliphatic carbocycles. The third-order valence-corrected chi connectivity index (χ3v) is 4.28. The lowest BCUT2D eigenvalue weighted by molar-refractivity contribution is 0.154. The topological polar surface area (TPSA) is 76.3 Å². The van der Waals surface area contributed by atoms with Crippen LogP contribution in [0.2, 0.25) is 0 Å². The number of hydrogen-bond donors (Lipinski definition) is 3. The summed E-state index contributed by atoms with van der Waals surface area (Å²) in [7, 11) is 0. The van der Waals surface area contributed by atoms with E-state index in [-0.39, 0.29) is 17.5 Å². The SMILES string of the molecule is CCN(CC)c1ccc(C=N[C@@H](C)[C@@H](O)c2ccc(O)cc2)c(O)c1. The fourth-order valence-corrected chi connectivity index (χ4v) is 2.66. The second kappa shape index (κ2) is 8.53. The average Bonchev–Trinajstić information content (AvgIpc) is 2.62. The van der Waals surface area contributed by atoms with Crippen molar-refractivity contribution in [2.24, 2.45) is 4.99 Å². The Balaban J connectivity index is 2.11. The van der Waals surface area contributed by atoms with Crippen molar-refractivity contribution in [3.8, 4) is 11.5 Å². The van der Waals surface area contributed by atoms with Gasteiger partial charge in [0, 0.05) is 36.6 Å². The molecule has 2 rings (SSSR count). The van der Waals surface area contributed by atoms with Gasteiger partial charge in [0.15, 0.2) is 0 Å². The maximum absolute atomic E-state index is 10.3. The Kier molecular flexibility index (Phi) is 6.42. The quantitative estimate of drug-likeness (QED) is 0.673. The lowest BCUT2D eigenvalue weighted by Gasteiger charge is -2.21. The summed E-state index contributed by atoms with van der Waals surface area (Å²) in [5.74, 6) is 0.324. The van der Waals surface area contributed by atoms with Crippen molar-refractivity contribution in [2.45, 2.75) is 32.9 Å². The molecule has 0 unspecified atom stereocenters. The van der Waals surface area contributed by atoms with E-state index in [2.05, 4.69) is 23.7 Å². The highest BCUT2D eigenvalue weighted by Crippen LogP contribution is 2.25. The van der Waals surface area contributed by atoms with Crippen LogP contribution in [0.3, 0.4) is 0 Å². The normalized spacial score (nSPS) is 13.8. The molecule has 0 saturated heterocycles. The van der Waals surface area contributed by atoms with Gasteiger partial charge >= 0.3 is 0 Å². The summed E-state index contributed by atoms with van der Waals surface area (Å²) in [4.78, 5) is 6.51. The van der Waals surface area contributed by atoms with E-state index >= 15 is 0 Å². The van der Waals surface area contributed by atoms with Gasteiger partial charge in [0.05, 0.1) is 6.04 Å². The van der Waals surface area contributed by atoms with E-state index in [9.17, 15) is 15.3 Å². The van der Waals surface area contributed by atoms with Crippen LogP contribution < -0.4 is 4.90 Å². The molecule has 0 radical (unpaired) electrons. The van der Waals surface area contributed by atoms with Gasteiger partial charge in [-0.25, -0.2) is 0 Å². The molecule has 0 bridgehead atoms. The molecule has 0 spiro atoms. The molecule has 0 aliphatic rings. The summed E-state index contributed by atoms with van der Waals surface area (Å²) >= 11 is 0. The van der Waals surface area contributed by atoms with Crippen LogP contribution in [0.4, 0.5) is 5.69 Å². The molecule has 0 fully saturated rings. The van der Waals surface area contributed by atoms with Crippen LogP contribution in [0.25, 0.3) is 0 Å². The maximum Gasteiger partial charge on any atom is 0.126 e. The summed E-state index contributed by atoms with van der Waals surface area (Å²) in [5.41, 5.74) is 2.26. The van der Waals surface area contributed by atoms with Crippen LogP contribution in [0.15, 0.2) is 47.5 Å². The summed E-state index contributed by atoms with van der Waals surface area (Å²) in [5, 5.41) is 29.9. The molecular weight excluding hydrogens is 316 g/mol. The lowest BCUT2D eigenvalue weighted by Crippen LogP contribution is -2.21. The zero-order chi connectivity index (χ0) is 18.4. The molecule has 5 nitrogen and oxygen atoms in total. The standard InChI is InChI=1S/C20H26N2O3/c1-4-22(5-2)17-9-6-16(19(24)12-17)13-21-14(3)20(25)15-7-10-18(23)11-8-15/h6-14,20,23-25H,4-5H2,1-3H3/t14-,20+/m0/s1. The van der Waals surface area contributed by atoms with Crippen molar-refractivity contribution in [3.63, 3.8) is 0 Å². The number of nitrogens with zero attached hydrogens (tertiary/aromatic N) is 2. The predicted octanol–water partition coefficient (Wildman–Crippen LogP) is 3.49. The highest BCUT2D eigenvalue weighted by molar-refractivity contribution is 5.84. The first-order valence-corrected chi connectivity index (χ1v) is 8.54. The number of aromatic hydroxyl groups is 2. The second-order valence-electron chi connectivity index (χ2n) is 5.97. The van der Waals surface area contributed by atoms with Gasteiger partial charge in [0.2, 0.25) is 0 Å². The lowest BCUT2D eigenvalue weighted by atomic mass is 10.0. The van der Waals surface area contributed by atoms with E-state index in [1.165, 1.54) is 12.1 Å². The Morgan fingerprint density at radius 3 is 2.24 bits per heavy atom. The number of aliphatic hydroxyl groups excluding tert-OH is 1. The monoisotopic (exact) mass is 342 g/mol. The van der Waals surface area contributed by atoms with Crippen molar-refractivity contribution >= 4 is 11.9 Å². The van der Waals surface area contributed by atoms with Gasteiger partial charge in [0.1, 0.15) is 17.6 Å². The minimum absolute atomic E-state index is 0.158. The number of phenols is 2. The van der Waals surface area contributed by atoms with Gasteiger partial charge in [-0.2, -0.15) is 0 Å². The molecule has 25 heavy (non-hydrogen) atoms.